The highest BCUT2D eigenvalue weighted by molar-refractivity contribution is 5.89. The minimum Gasteiger partial charge on any atom is -0.465 e. The molecule has 0 spiro atoms. The molecular formula is C9H11NO2. The van der Waals surface area contributed by atoms with Gasteiger partial charge in [0.05, 0.1) is 12.7 Å². The summed E-state index contributed by atoms with van der Waals surface area (Å²) in [6.45, 7) is -1.88. The van der Waals surface area contributed by atoms with E-state index in [1.165, 1.54) is 31.4 Å². The van der Waals surface area contributed by atoms with E-state index in [0.717, 1.165) is 0 Å². The van der Waals surface area contributed by atoms with Crippen LogP contribution in [0.25, 0.3) is 0 Å². The van der Waals surface area contributed by atoms with Crippen molar-refractivity contribution in [2.75, 3.05) is 7.11 Å². The summed E-state index contributed by atoms with van der Waals surface area (Å²) in [7, 11) is 1.29. The van der Waals surface area contributed by atoms with Gasteiger partial charge >= 0.3 is 5.97 Å². The van der Waals surface area contributed by atoms with Crippen LogP contribution in [0.3, 0.4) is 0 Å². The summed E-state index contributed by atoms with van der Waals surface area (Å²) in [5, 5.41) is 0. The number of benzene rings is 1. The van der Waals surface area contributed by atoms with Gasteiger partial charge in [0.2, 0.25) is 0 Å². The molecule has 0 atom stereocenters. The summed E-state index contributed by atoms with van der Waals surface area (Å²) in [5.74, 6) is -0.450. The zero-order valence-corrected chi connectivity index (χ0v) is 6.70. The van der Waals surface area contributed by atoms with E-state index >= 15 is 0 Å². The van der Waals surface area contributed by atoms with Crippen molar-refractivity contribution >= 4 is 5.97 Å². The third-order valence-electron chi connectivity index (χ3n) is 1.47. The van der Waals surface area contributed by atoms with Crippen LogP contribution in [-0.2, 0) is 11.2 Å². The van der Waals surface area contributed by atoms with Crippen LogP contribution in [0.5, 0.6) is 0 Å². The lowest BCUT2D eigenvalue weighted by Crippen LogP contribution is -2.02. The molecule has 0 radical (unpaired) electrons. The van der Waals surface area contributed by atoms with Gasteiger partial charge in [-0.15, -0.1) is 0 Å². The molecule has 1 aromatic rings. The fourth-order valence-electron chi connectivity index (χ4n) is 0.820. The topological polar surface area (TPSA) is 52.3 Å². The Kier molecular flexibility index (Phi) is 2.00. The van der Waals surface area contributed by atoms with Gasteiger partial charge in [0.15, 0.2) is 0 Å². The first-order valence-electron chi connectivity index (χ1n) is 4.43. The summed E-state index contributed by atoms with van der Waals surface area (Å²) in [4.78, 5) is 11.0. The molecule has 0 aromatic heterocycles. The van der Waals surface area contributed by atoms with Crippen molar-refractivity contribution in [2.24, 2.45) is 5.73 Å². The summed E-state index contributed by atoms with van der Waals surface area (Å²) >= 11 is 0. The Bertz CT molecular complexity index is 330. The van der Waals surface area contributed by atoms with E-state index in [4.69, 9.17) is 8.48 Å². The SMILES string of the molecule is [2H]C([2H])(N)c1ccc(C(=O)OC)cc1. The second kappa shape index (κ2) is 3.88. The molecule has 0 amide bonds. The second-order valence-corrected chi connectivity index (χ2v) is 2.21. The third kappa shape index (κ3) is 1.83. The average molecular weight is 167 g/mol. The lowest BCUT2D eigenvalue weighted by molar-refractivity contribution is 0.0600. The van der Waals surface area contributed by atoms with Gasteiger partial charge in [0, 0.05) is 9.24 Å². The molecule has 1 aromatic carbocycles. The minimum atomic E-state index is -1.88. The smallest absolute Gasteiger partial charge is 0.337 e. The largest absolute Gasteiger partial charge is 0.465 e. The lowest BCUT2D eigenvalue weighted by atomic mass is 10.1. The number of methoxy groups -OCH3 is 1. The van der Waals surface area contributed by atoms with E-state index in [9.17, 15) is 4.79 Å². The van der Waals surface area contributed by atoms with E-state index in [0.29, 0.717) is 11.1 Å². The number of carbonyl (C=O) groups is 1. The Hall–Kier alpha value is -1.35. The van der Waals surface area contributed by atoms with Gasteiger partial charge in [-0.3, -0.25) is 0 Å². The van der Waals surface area contributed by atoms with E-state index in [-0.39, 0.29) is 0 Å². The molecule has 0 unspecified atom stereocenters. The van der Waals surface area contributed by atoms with Crippen LogP contribution < -0.4 is 5.73 Å². The highest BCUT2D eigenvalue weighted by Gasteiger charge is 2.02. The fraction of sp³-hybridized carbons (Fsp3) is 0.222. The molecule has 3 heteroatoms. The average Bonchev–Trinajstić information content (AvgIpc) is 2.15. The molecule has 12 heavy (non-hydrogen) atoms. The summed E-state index contributed by atoms with van der Waals surface area (Å²) < 4.78 is 18.9. The molecule has 64 valence electrons. The van der Waals surface area contributed by atoms with Crippen LogP contribution in [0, 0.1) is 0 Å². The Balaban J connectivity index is 2.95. The van der Waals surface area contributed by atoms with Gasteiger partial charge in [-0.2, -0.15) is 0 Å². The van der Waals surface area contributed by atoms with E-state index < -0.39 is 12.5 Å². The molecular weight excluding hydrogens is 154 g/mol. The normalized spacial score (nSPS) is 13.2. The molecule has 0 saturated heterocycles. The monoisotopic (exact) mass is 167 g/mol. The molecule has 0 fully saturated rings. The Morgan fingerprint density at radius 3 is 2.58 bits per heavy atom. The summed E-state index contributed by atoms with van der Waals surface area (Å²) in [6.07, 6.45) is 0. The molecule has 1 rings (SSSR count). The Morgan fingerprint density at radius 1 is 1.58 bits per heavy atom. The van der Waals surface area contributed by atoms with Gasteiger partial charge in [0.1, 0.15) is 0 Å². The first kappa shape index (κ1) is 6.20. The van der Waals surface area contributed by atoms with Crippen LogP contribution in [-0.4, -0.2) is 13.1 Å². The Morgan fingerprint density at radius 2 is 2.17 bits per heavy atom. The van der Waals surface area contributed by atoms with Crippen molar-refractivity contribution in [3.05, 3.63) is 35.4 Å². The number of carbonyl (C=O) groups excluding carboxylic acids is 1. The van der Waals surface area contributed by atoms with Crippen molar-refractivity contribution < 1.29 is 12.3 Å². The van der Waals surface area contributed by atoms with E-state index in [2.05, 4.69) is 4.74 Å². The van der Waals surface area contributed by atoms with Crippen LogP contribution in [0.15, 0.2) is 24.3 Å². The first-order valence-corrected chi connectivity index (χ1v) is 3.43. The highest BCUT2D eigenvalue weighted by Crippen LogP contribution is 2.04. The molecule has 0 aliphatic heterocycles. The van der Waals surface area contributed by atoms with Crippen molar-refractivity contribution in [1.29, 1.82) is 0 Å². The van der Waals surface area contributed by atoms with Crippen LogP contribution in [0.4, 0.5) is 0 Å². The number of rotatable bonds is 2. The quantitative estimate of drug-likeness (QED) is 0.667. The Labute approximate surface area is 74.0 Å². The number of ether oxygens (including phenoxy) is 1. The molecule has 2 N–H and O–H groups in total. The van der Waals surface area contributed by atoms with Gasteiger partial charge in [-0.1, -0.05) is 12.1 Å². The standard InChI is InChI=1S/C9H11NO2/c1-12-9(11)8-4-2-7(6-10)3-5-8/h2-5H,6,10H2,1H3/i6D2. The van der Waals surface area contributed by atoms with E-state index in [1.807, 2.05) is 0 Å². The van der Waals surface area contributed by atoms with Gasteiger partial charge in [0.25, 0.3) is 0 Å². The highest BCUT2D eigenvalue weighted by atomic mass is 16.5. The van der Waals surface area contributed by atoms with E-state index in [1.54, 1.807) is 0 Å². The molecule has 0 bridgehead atoms. The minimum absolute atomic E-state index is 0.324. The van der Waals surface area contributed by atoms with Gasteiger partial charge in [-0.25, -0.2) is 4.79 Å². The molecule has 0 aliphatic carbocycles. The van der Waals surface area contributed by atoms with Crippen molar-refractivity contribution in [2.45, 2.75) is 6.50 Å². The molecule has 3 nitrogen and oxygen atoms in total. The predicted molar refractivity (Wildman–Crippen MR) is 45.7 cm³/mol. The van der Waals surface area contributed by atoms with Crippen LogP contribution >= 0.6 is 0 Å². The first-order chi connectivity index (χ1) is 6.45. The second-order valence-electron chi connectivity index (χ2n) is 2.21. The van der Waals surface area contributed by atoms with Crippen LogP contribution in [0.2, 0.25) is 0 Å². The predicted octanol–water partition coefficient (Wildman–Crippen LogP) is 0.932. The summed E-state index contributed by atoms with van der Waals surface area (Å²) in [5.41, 5.74) is 5.93. The number of esters is 1. The molecule has 0 saturated carbocycles. The van der Waals surface area contributed by atoms with Crippen molar-refractivity contribution in [1.82, 2.24) is 0 Å². The molecule has 0 heterocycles. The number of hydrogen-bond donors (Lipinski definition) is 1. The number of hydrogen-bond acceptors (Lipinski definition) is 3. The maximum absolute atomic E-state index is 11.0. The molecule has 0 aliphatic rings. The van der Waals surface area contributed by atoms with Gasteiger partial charge in [-0.05, 0) is 17.7 Å². The van der Waals surface area contributed by atoms with Crippen molar-refractivity contribution in [3.8, 4) is 0 Å². The number of nitrogens with two attached hydrogens (primary N) is 1. The maximum Gasteiger partial charge on any atom is 0.337 e. The van der Waals surface area contributed by atoms with Crippen LogP contribution in [0.1, 0.15) is 18.7 Å². The summed E-state index contributed by atoms with van der Waals surface area (Å²) in [6, 6.07) is 5.89. The zero-order valence-electron chi connectivity index (χ0n) is 8.70. The zero-order chi connectivity index (χ0) is 10.8. The fourth-order valence-corrected chi connectivity index (χ4v) is 0.820. The van der Waals surface area contributed by atoms with Crippen molar-refractivity contribution in [3.63, 3.8) is 0 Å². The lowest BCUT2D eigenvalue weighted by Gasteiger charge is -1.99. The maximum atomic E-state index is 11.0. The third-order valence-corrected chi connectivity index (χ3v) is 1.47. The van der Waals surface area contributed by atoms with Gasteiger partial charge < -0.3 is 10.5 Å².